The fourth-order valence-corrected chi connectivity index (χ4v) is 1.96. The standard InChI is InChI=1S/C13H8BrF2NO/c14-9-1-2-10(11(7-9)13(15)16)12(18)8-3-5-17-6-4-8/h1-7,13H. The summed E-state index contributed by atoms with van der Waals surface area (Å²) in [4.78, 5) is 15.9. The van der Waals surface area contributed by atoms with Crippen LogP contribution in [0.15, 0.2) is 47.2 Å². The van der Waals surface area contributed by atoms with Crippen LogP contribution >= 0.6 is 15.9 Å². The molecule has 1 aromatic heterocycles. The molecular weight excluding hydrogens is 304 g/mol. The Labute approximate surface area is 111 Å². The molecule has 0 saturated carbocycles. The Hall–Kier alpha value is -1.62. The molecule has 0 radical (unpaired) electrons. The molecule has 0 spiro atoms. The van der Waals surface area contributed by atoms with Gasteiger partial charge in [0.1, 0.15) is 0 Å². The number of hydrogen-bond donors (Lipinski definition) is 0. The Bertz CT molecular complexity index is 572. The molecule has 0 aliphatic heterocycles. The molecule has 0 N–H and O–H groups in total. The topological polar surface area (TPSA) is 30.0 Å². The molecule has 92 valence electrons. The molecule has 0 saturated heterocycles. The van der Waals surface area contributed by atoms with Crippen LogP contribution in [0.2, 0.25) is 0 Å². The highest BCUT2D eigenvalue weighted by atomic mass is 79.9. The second kappa shape index (κ2) is 5.35. The Balaban J connectivity index is 2.48. The van der Waals surface area contributed by atoms with E-state index in [0.717, 1.165) is 0 Å². The van der Waals surface area contributed by atoms with Crippen molar-refractivity contribution in [2.45, 2.75) is 6.43 Å². The number of rotatable bonds is 3. The van der Waals surface area contributed by atoms with Crippen LogP contribution in [-0.2, 0) is 0 Å². The van der Waals surface area contributed by atoms with Gasteiger partial charge in [0.2, 0.25) is 0 Å². The van der Waals surface area contributed by atoms with Gasteiger partial charge in [-0.15, -0.1) is 0 Å². The first-order valence-electron chi connectivity index (χ1n) is 5.12. The molecule has 1 aromatic carbocycles. The molecule has 0 aliphatic carbocycles. The fraction of sp³-hybridized carbons (Fsp3) is 0.0769. The van der Waals surface area contributed by atoms with Crippen molar-refractivity contribution in [3.05, 3.63) is 63.9 Å². The Morgan fingerprint density at radius 3 is 2.44 bits per heavy atom. The van der Waals surface area contributed by atoms with E-state index in [-0.39, 0.29) is 11.1 Å². The largest absolute Gasteiger partial charge is 0.289 e. The van der Waals surface area contributed by atoms with E-state index in [1.54, 1.807) is 6.07 Å². The Kier molecular flexibility index (Phi) is 3.81. The number of hydrogen-bond acceptors (Lipinski definition) is 2. The van der Waals surface area contributed by atoms with E-state index >= 15 is 0 Å². The summed E-state index contributed by atoms with van der Waals surface area (Å²) < 4.78 is 26.3. The second-order valence-electron chi connectivity index (χ2n) is 3.60. The van der Waals surface area contributed by atoms with Crippen molar-refractivity contribution >= 4 is 21.7 Å². The monoisotopic (exact) mass is 311 g/mol. The minimum atomic E-state index is -2.69. The van der Waals surface area contributed by atoms with Crippen molar-refractivity contribution in [3.63, 3.8) is 0 Å². The molecule has 2 rings (SSSR count). The van der Waals surface area contributed by atoms with E-state index in [0.29, 0.717) is 10.0 Å². The molecule has 0 bridgehead atoms. The molecule has 2 nitrogen and oxygen atoms in total. The maximum atomic E-state index is 12.9. The number of benzene rings is 1. The maximum Gasteiger partial charge on any atom is 0.264 e. The van der Waals surface area contributed by atoms with Crippen molar-refractivity contribution in [2.24, 2.45) is 0 Å². The maximum absolute atomic E-state index is 12.9. The molecule has 0 atom stereocenters. The van der Waals surface area contributed by atoms with Gasteiger partial charge >= 0.3 is 0 Å². The summed E-state index contributed by atoms with van der Waals surface area (Å²) in [6.07, 6.45) is 0.214. The number of nitrogens with zero attached hydrogens (tertiary/aromatic N) is 1. The van der Waals surface area contributed by atoms with Gasteiger partial charge in [0.15, 0.2) is 5.78 Å². The van der Waals surface area contributed by atoms with Crippen LogP contribution in [0.5, 0.6) is 0 Å². The molecule has 0 fully saturated rings. The molecule has 0 amide bonds. The van der Waals surface area contributed by atoms with E-state index < -0.39 is 12.2 Å². The van der Waals surface area contributed by atoms with Crippen molar-refractivity contribution in [2.75, 3.05) is 0 Å². The molecular formula is C13H8BrF2NO. The number of carbonyl (C=O) groups excluding carboxylic acids is 1. The number of carbonyl (C=O) groups is 1. The van der Waals surface area contributed by atoms with Gasteiger partial charge in [0, 0.05) is 33.6 Å². The number of ketones is 1. The third kappa shape index (κ3) is 2.61. The normalized spacial score (nSPS) is 10.7. The number of alkyl halides is 2. The first-order valence-corrected chi connectivity index (χ1v) is 5.91. The predicted molar refractivity (Wildman–Crippen MR) is 66.8 cm³/mol. The third-order valence-corrected chi connectivity index (χ3v) is 2.93. The lowest BCUT2D eigenvalue weighted by Crippen LogP contribution is -2.06. The molecule has 5 heteroatoms. The minimum Gasteiger partial charge on any atom is -0.289 e. The van der Waals surface area contributed by atoms with Crippen molar-refractivity contribution in [1.29, 1.82) is 0 Å². The first kappa shape index (κ1) is 12.8. The third-order valence-electron chi connectivity index (χ3n) is 2.44. The molecule has 0 unspecified atom stereocenters. The highest BCUT2D eigenvalue weighted by Crippen LogP contribution is 2.27. The minimum absolute atomic E-state index is 0.0133. The van der Waals surface area contributed by atoms with E-state index in [2.05, 4.69) is 20.9 Å². The van der Waals surface area contributed by atoms with Gasteiger partial charge in [0.05, 0.1) is 0 Å². The highest BCUT2D eigenvalue weighted by Gasteiger charge is 2.19. The van der Waals surface area contributed by atoms with Crippen LogP contribution in [0.1, 0.15) is 27.9 Å². The van der Waals surface area contributed by atoms with Gasteiger partial charge in [-0.25, -0.2) is 8.78 Å². The van der Waals surface area contributed by atoms with E-state index in [9.17, 15) is 13.6 Å². The first-order chi connectivity index (χ1) is 8.59. The van der Waals surface area contributed by atoms with Crippen LogP contribution in [0.4, 0.5) is 8.78 Å². The highest BCUT2D eigenvalue weighted by molar-refractivity contribution is 9.10. The fourth-order valence-electron chi connectivity index (χ4n) is 1.58. The lowest BCUT2D eigenvalue weighted by atomic mass is 9.99. The van der Waals surface area contributed by atoms with Gasteiger partial charge in [0.25, 0.3) is 6.43 Å². The van der Waals surface area contributed by atoms with E-state index in [1.165, 1.54) is 36.7 Å². The zero-order valence-corrected chi connectivity index (χ0v) is 10.7. The van der Waals surface area contributed by atoms with E-state index in [4.69, 9.17) is 0 Å². The molecule has 0 aliphatic rings. The van der Waals surface area contributed by atoms with Gasteiger partial charge in [-0.3, -0.25) is 9.78 Å². The van der Waals surface area contributed by atoms with Crippen LogP contribution in [0.25, 0.3) is 0 Å². The van der Waals surface area contributed by atoms with Crippen molar-refractivity contribution in [1.82, 2.24) is 4.98 Å². The predicted octanol–water partition coefficient (Wildman–Crippen LogP) is 4.01. The average molecular weight is 312 g/mol. The summed E-state index contributed by atoms with van der Waals surface area (Å²) in [5.74, 6) is -0.430. The number of aromatic nitrogens is 1. The zero-order valence-electron chi connectivity index (χ0n) is 9.11. The zero-order chi connectivity index (χ0) is 13.1. The quantitative estimate of drug-likeness (QED) is 0.802. The average Bonchev–Trinajstić information content (AvgIpc) is 2.39. The van der Waals surface area contributed by atoms with Crippen LogP contribution < -0.4 is 0 Å². The summed E-state index contributed by atoms with van der Waals surface area (Å²) in [6.45, 7) is 0. The number of halogens is 3. The van der Waals surface area contributed by atoms with Crippen LogP contribution in [0, 0.1) is 0 Å². The smallest absolute Gasteiger partial charge is 0.264 e. The molecule has 18 heavy (non-hydrogen) atoms. The van der Waals surface area contributed by atoms with E-state index in [1.807, 2.05) is 0 Å². The van der Waals surface area contributed by atoms with Crippen LogP contribution in [0.3, 0.4) is 0 Å². The molecule has 1 heterocycles. The summed E-state index contributed by atoms with van der Waals surface area (Å²) in [6, 6.07) is 7.23. The SMILES string of the molecule is O=C(c1ccncc1)c1ccc(Br)cc1C(F)F. The Morgan fingerprint density at radius 2 is 1.83 bits per heavy atom. The van der Waals surface area contributed by atoms with Crippen molar-refractivity contribution in [3.8, 4) is 0 Å². The second-order valence-corrected chi connectivity index (χ2v) is 4.51. The van der Waals surface area contributed by atoms with Gasteiger partial charge < -0.3 is 0 Å². The lowest BCUT2D eigenvalue weighted by Gasteiger charge is -2.08. The summed E-state index contributed by atoms with van der Waals surface area (Å²) >= 11 is 3.12. The summed E-state index contributed by atoms with van der Waals surface area (Å²) in [5, 5.41) is 0. The number of pyridine rings is 1. The summed E-state index contributed by atoms with van der Waals surface area (Å²) in [7, 11) is 0. The summed E-state index contributed by atoms with van der Waals surface area (Å²) in [5.41, 5.74) is 0.0832. The van der Waals surface area contributed by atoms with Gasteiger partial charge in [-0.05, 0) is 30.3 Å². The van der Waals surface area contributed by atoms with Gasteiger partial charge in [-0.2, -0.15) is 0 Å². The van der Waals surface area contributed by atoms with Gasteiger partial charge in [-0.1, -0.05) is 15.9 Å². The lowest BCUT2D eigenvalue weighted by molar-refractivity contribution is 0.102. The van der Waals surface area contributed by atoms with Crippen molar-refractivity contribution < 1.29 is 13.6 Å². The van der Waals surface area contributed by atoms with Crippen LogP contribution in [-0.4, -0.2) is 10.8 Å². The Morgan fingerprint density at radius 1 is 1.17 bits per heavy atom. The molecule has 2 aromatic rings.